The number of sulfone groups is 1. The molecule has 2 aromatic carbocycles. The van der Waals surface area contributed by atoms with Gasteiger partial charge in [-0.3, -0.25) is 5.43 Å². The van der Waals surface area contributed by atoms with Gasteiger partial charge in [-0.25, -0.2) is 8.42 Å². The van der Waals surface area contributed by atoms with Crippen molar-refractivity contribution in [3.63, 3.8) is 0 Å². The van der Waals surface area contributed by atoms with Crippen LogP contribution in [0.1, 0.15) is 47.0 Å². The molecule has 0 saturated carbocycles. The molecule has 179 valence electrons. The Hall–Kier alpha value is -0.136. The molecular weight excluding hydrogens is 687 g/mol. The number of nitrogens with one attached hydrogen (secondary N) is 1. The van der Waals surface area contributed by atoms with Crippen molar-refractivity contribution in [3.8, 4) is 0 Å². The van der Waals surface area contributed by atoms with Crippen LogP contribution >= 0.6 is 40.0 Å². The topological polar surface area (TPSA) is 61.8 Å². The molecule has 1 aliphatic rings. The molecule has 5 nitrogen and oxygen atoms in total. The summed E-state index contributed by atoms with van der Waals surface area (Å²) in [6.07, 6.45) is 3.08. The first-order valence-corrected chi connectivity index (χ1v) is 21.3. The number of nitrogens with zero attached hydrogens (tertiary/aromatic N) is 2. The number of anilines is 1. The van der Waals surface area contributed by atoms with Crippen molar-refractivity contribution >= 4 is 61.2 Å². The van der Waals surface area contributed by atoms with Crippen LogP contribution in [0.5, 0.6) is 0 Å². The molecule has 0 aromatic heterocycles. The van der Waals surface area contributed by atoms with Gasteiger partial charge in [-0.2, -0.15) is 5.10 Å². The maximum atomic E-state index is 12.6. The van der Waals surface area contributed by atoms with Gasteiger partial charge in [-0.05, 0) is 62.8 Å². The van der Waals surface area contributed by atoms with Crippen LogP contribution in [-0.4, -0.2) is 39.2 Å². The second kappa shape index (κ2) is 19.2. The number of hydrazone groups is 1. The van der Waals surface area contributed by atoms with Crippen LogP contribution < -0.4 is 5.43 Å². The van der Waals surface area contributed by atoms with Crippen molar-refractivity contribution < 1.29 is 17.9 Å². The molecule has 9 heteroatoms. The van der Waals surface area contributed by atoms with Gasteiger partial charge in [0.2, 0.25) is 9.84 Å². The second-order valence-electron chi connectivity index (χ2n) is 6.35. The van der Waals surface area contributed by atoms with Crippen molar-refractivity contribution in [3.05, 3.63) is 54.6 Å². The van der Waals surface area contributed by atoms with Gasteiger partial charge in [0.05, 0.1) is 15.5 Å². The van der Waals surface area contributed by atoms with E-state index < -0.39 is 9.84 Å². The molecule has 2 aromatic rings. The molecule has 0 radical (unpaired) electrons. The summed E-state index contributed by atoms with van der Waals surface area (Å²) >= 11 is 4.74. The van der Waals surface area contributed by atoms with Crippen molar-refractivity contribution in [1.29, 1.82) is 0 Å². The van der Waals surface area contributed by atoms with Crippen LogP contribution in [0.4, 0.5) is 5.69 Å². The summed E-state index contributed by atoms with van der Waals surface area (Å²) in [6.45, 7) is 10.1. The van der Waals surface area contributed by atoms with E-state index in [1.807, 2.05) is 27.7 Å². The number of halogens is 2. The van der Waals surface area contributed by atoms with Crippen molar-refractivity contribution in [1.82, 2.24) is 4.90 Å². The molecule has 1 fully saturated rings. The molecule has 0 spiro atoms. The summed E-state index contributed by atoms with van der Waals surface area (Å²) in [4.78, 5) is 2.90. The molecule has 0 unspecified atom stereocenters. The van der Waals surface area contributed by atoms with Crippen molar-refractivity contribution in [2.75, 3.05) is 25.6 Å². The Morgan fingerprint density at radius 1 is 0.875 bits per heavy atom. The summed E-state index contributed by atoms with van der Waals surface area (Å²) in [5.41, 5.74) is 5.00. The SMILES string of the molecule is CC.CC.CN1CCC/C(=N\Nc2ccc(S(=O)(=O)c3ccccc3)cc2)CC1.[I][V][I]. The van der Waals surface area contributed by atoms with Crippen LogP contribution in [0.25, 0.3) is 0 Å². The molecule has 1 saturated heterocycles. The van der Waals surface area contributed by atoms with Crippen molar-refractivity contribution in [2.24, 2.45) is 5.10 Å². The molecular formula is C23H35I2N3O2SV. The monoisotopic (exact) mass is 722 g/mol. The van der Waals surface area contributed by atoms with Gasteiger partial charge in [-0.15, -0.1) is 0 Å². The van der Waals surface area contributed by atoms with E-state index in [-0.39, 0.29) is 4.90 Å². The van der Waals surface area contributed by atoms with E-state index in [1.165, 1.54) is 0 Å². The number of hydrogen-bond donors (Lipinski definition) is 1. The van der Waals surface area contributed by atoms with Crippen LogP contribution in [0, 0.1) is 0 Å². The zero-order valence-corrected chi connectivity index (χ0v) is 26.1. The van der Waals surface area contributed by atoms with Gasteiger partial charge in [0.25, 0.3) is 0 Å². The van der Waals surface area contributed by atoms with E-state index in [0.717, 1.165) is 43.8 Å². The number of hydrogen-bond acceptors (Lipinski definition) is 5. The fourth-order valence-corrected chi connectivity index (χ4v) is 4.09. The fourth-order valence-electron chi connectivity index (χ4n) is 2.81. The van der Waals surface area contributed by atoms with Gasteiger partial charge >= 0.3 is 49.4 Å². The van der Waals surface area contributed by atoms with Gasteiger partial charge in [0, 0.05) is 18.7 Å². The van der Waals surface area contributed by atoms with E-state index >= 15 is 0 Å². The van der Waals surface area contributed by atoms with Crippen LogP contribution in [-0.2, 0) is 19.3 Å². The van der Waals surface area contributed by atoms with E-state index in [9.17, 15) is 8.42 Å². The molecule has 0 bridgehead atoms. The summed E-state index contributed by atoms with van der Waals surface area (Å²) in [5, 5.41) is 4.49. The summed E-state index contributed by atoms with van der Waals surface area (Å²) in [5.74, 6) is 0. The van der Waals surface area contributed by atoms with E-state index in [1.54, 1.807) is 54.6 Å². The Bertz CT molecular complexity index is 865. The second-order valence-corrected chi connectivity index (χ2v) is 20.1. The molecule has 32 heavy (non-hydrogen) atoms. The average molecular weight is 722 g/mol. The summed E-state index contributed by atoms with van der Waals surface area (Å²) < 4.78 is 25.1. The Balaban J connectivity index is 0.00000124. The zero-order chi connectivity index (χ0) is 24.4. The molecule has 0 atom stereocenters. The Kier molecular flexibility index (Phi) is 19.1. The van der Waals surface area contributed by atoms with E-state index in [0.29, 0.717) is 14.4 Å². The van der Waals surface area contributed by atoms with Crippen LogP contribution in [0.15, 0.2) is 69.5 Å². The third-order valence-electron chi connectivity index (χ3n) is 4.35. The minimum atomic E-state index is -3.47. The first kappa shape index (κ1) is 31.9. The minimum absolute atomic E-state index is 0.285. The quantitative estimate of drug-likeness (QED) is 0.268. The van der Waals surface area contributed by atoms with Gasteiger partial charge in [0.15, 0.2) is 0 Å². The first-order chi connectivity index (χ1) is 15.5. The van der Waals surface area contributed by atoms with Crippen LogP contribution in [0.3, 0.4) is 0 Å². The zero-order valence-electron chi connectivity index (χ0n) is 19.6. The maximum absolute atomic E-state index is 12.6. The van der Waals surface area contributed by atoms with Gasteiger partial charge < -0.3 is 4.90 Å². The number of rotatable bonds is 4. The van der Waals surface area contributed by atoms with E-state index in [4.69, 9.17) is 0 Å². The molecule has 0 amide bonds. The van der Waals surface area contributed by atoms with Gasteiger partial charge in [-0.1, -0.05) is 45.9 Å². The Labute approximate surface area is 224 Å². The molecule has 1 N–H and O–H groups in total. The number of likely N-dealkylation sites (tertiary alicyclic amines) is 1. The fraction of sp³-hybridized carbons (Fsp3) is 0.435. The molecule has 1 heterocycles. The van der Waals surface area contributed by atoms with Gasteiger partial charge in [0.1, 0.15) is 0 Å². The third-order valence-corrected chi connectivity index (χ3v) is 6.13. The normalized spacial score (nSPS) is 14.9. The Morgan fingerprint density at radius 3 is 1.97 bits per heavy atom. The summed E-state index contributed by atoms with van der Waals surface area (Å²) in [7, 11) is -0.716. The average Bonchev–Trinajstić information content (AvgIpc) is 3.05. The number of benzene rings is 2. The predicted molar refractivity (Wildman–Crippen MR) is 151 cm³/mol. The molecule has 1 aliphatic heterocycles. The molecule has 3 rings (SSSR count). The van der Waals surface area contributed by atoms with Crippen molar-refractivity contribution in [2.45, 2.75) is 56.7 Å². The van der Waals surface area contributed by atoms with Crippen LogP contribution in [0.2, 0.25) is 0 Å². The first-order valence-electron chi connectivity index (χ1n) is 10.8. The standard InChI is InChI=1S/C19H23N3O2S.2C2H6.2HI.V/c1-22-14-5-6-16(13-15-22)20-21-17-9-11-19(12-10-17)25(23,24)18-7-3-2-4-8-18;2*1-2;;;/h2-4,7-12,21H,5-6,13-15H2,1H3;2*1-2H3;2*1H;/q;;;;;+2/p-2/b20-16+;;;;;. The van der Waals surface area contributed by atoms with E-state index in [2.05, 4.69) is 62.4 Å². The summed E-state index contributed by atoms with van der Waals surface area (Å²) in [6, 6.07) is 15.2. The Morgan fingerprint density at radius 2 is 1.41 bits per heavy atom. The molecule has 0 aliphatic carbocycles. The third kappa shape index (κ3) is 11.8. The predicted octanol–water partition coefficient (Wildman–Crippen LogP) is 7.22.